The van der Waals surface area contributed by atoms with Crippen LogP contribution in [0.2, 0.25) is 0 Å². The molecule has 4 aliphatic rings. The summed E-state index contributed by atoms with van der Waals surface area (Å²) in [7, 11) is -0.462. The molecule has 0 aromatic heterocycles. The summed E-state index contributed by atoms with van der Waals surface area (Å²) in [5, 5.41) is 7.19. The molecule has 24 heavy (non-hydrogen) atoms. The monoisotopic (exact) mass is 335 g/mol. The van der Waals surface area contributed by atoms with Gasteiger partial charge in [0.15, 0.2) is 0 Å². The summed E-state index contributed by atoms with van der Waals surface area (Å²) in [6.45, 7) is 0. The lowest BCUT2D eigenvalue weighted by molar-refractivity contribution is -0.00743. The maximum Gasteiger partial charge on any atom is 0.0258 e. The van der Waals surface area contributed by atoms with Gasteiger partial charge in [-0.05, 0) is 66.9 Å². The van der Waals surface area contributed by atoms with Crippen LogP contribution in [-0.4, -0.2) is 5.54 Å². The molecule has 0 aliphatic heterocycles. The van der Waals surface area contributed by atoms with E-state index in [1.165, 1.54) is 49.1 Å². The first kappa shape index (κ1) is 15.1. The molecule has 4 saturated carbocycles. The van der Waals surface area contributed by atoms with Gasteiger partial charge in [-0.15, -0.1) is 0 Å². The fourth-order valence-corrected chi connectivity index (χ4v) is 8.16. The summed E-state index contributed by atoms with van der Waals surface area (Å²) >= 11 is 0. The second kappa shape index (κ2) is 5.97. The molecule has 1 nitrogen and oxygen atoms in total. The minimum Gasteiger partial charge on any atom is -0.283 e. The molecule has 0 amide bonds. The van der Waals surface area contributed by atoms with E-state index in [4.69, 9.17) is 0 Å². The molecule has 0 unspecified atom stereocenters. The van der Waals surface area contributed by atoms with Gasteiger partial charge in [-0.3, -0.25) is 5.09 Å². The molecular formula is C22H26NP. The van der Waals surface area contributed by atoms with E-state index in [9.17, 15) is 0 Å². The third-order valence-electron chi connectivity index (χ3n) is 6.42. The van der Waals surface area contributed by atoms with Crippen LogP contribution in [0.4, 0.5) is 0 Å². The Morgan fingerprint density at radius 2 is 1.08 bits per heavy atom. The van der Waals surface area contributed by atoms with Crippen LogP contribution in [0.5, 0.6) is 0 Å². The van der Waals surface area contributed by atoms with Crippen molar-refractivity contribution in [2.24, 2.45) is 17.8 Å². The molecule has 0 atom stereocenters. The second-order valence-corrected chi connectivity index (χ2v) is 10.2. The third-order valence-corrected chi connectivity index (χ3v) is 8.74. The predicted molar refractivity (Wildman–Crippen MR) is 103 cm³/mol. The topological polar surface area (TPSA) is 12.0 Å². The molecule has 2 heteroatoms. The van der Waals surface area contributed by atoms with Crippen LogP contribution in [0.25, 0.3) is 0 Å². The molecule has 1 N–H and O–H groups in total. The minimum atomic E-state index is -0.462. The number of hydrogen-bond acceptors (Lipinski definition) is 1. The van der Waals surface area contributed by atoms with Gasteiger partial charge in [0, 0.05) is 13.6 Å². The first-order valence-electron chi connectivity index (χ1n) is 9.48. The standard InChI is InChI=1S/C22H26NP/c1-3-7-20(8-4-1)24(21-9-5-2-6-10-21)23-22-14-17-11-18(15-22)13-19(12-17)16-22/h1-10,17-19,23H,11-16H2. The van der Waals surface area contributed by atoms with Crippen LogP contribution in [-0.2, 0) is 0 Å². The Bertz CT molecular complexity index is 622. The largest absolute Gasteiger partial charge is 0.283 e. The van der Waals surface area contributed by atoms with Crippen molar-refractivity contribution in [1.82, 2.24) is 5.09 Å². The maximum atomic E-state index is 4.26. The fraction of sp³-hybridized carbons (Fsp3) is 0.455. The minimum absolute atomic E-state index is 0.409. The Morgan fingerprint density at radius 3 is 1.50 bits per heavy atom. The highest BCUT2D eigenvalue weighted by molar-refractivity contribution is 7.71. The van der Waals surface area contributed by atoms with Crippen LogP contribution in [0, 0.1) is 17.8 Å². The molecular weight excluding hydrogens is 309 g/mol. The van der Waals surface area contributed by atoms with Gasteiger partial charge in [-0.25, -0.2) is 0 Å². The highest BCUT2D eigenvalue weighted by Gasteiger charge is 2.51. The van der Waals surface area contributed by atoms with Gasteiger partial charge in [0.1, 0.15) is 0 Å². The Balaban J connectivity index is 1.49. The molecule has 0 heterocycles. The van der Waals surface area contributed by atoms with Gasteiger partial charge >= 0.3 is 0 Å². The van der Waals surface area contributed by atoms with Crippen molar-refractivity contribution in [2.45, 2.75) is 44.1 Å². The van der Waals surface area contributed by atoms with E-state index in [1.807, 2.05) is 0 Å². The van der Waals surface area contributed by atoms with Crippen molar-refractivity contribution >= 4 is 18.7 Å². The van der Waals surface area contributed by atoms with Gasteiger partial charge in [0.2, 0.25) is 0 Å². The Kier molecular flexibility index (Phi) is 3.76. The van der Waals surface area contributed by atoms with E-state index in [-0.39, 0.29) is 0 Å². The van der Waals surface area contributed by atoms with Gasteiger partial charge in [-0.1, -0.05) is 60.7 Å². The molecule has 2 aromatic carbocycles. The highest BCUT2D eigenvalue weighted by atomic mass is 31.1. The quantitative estimate of drug-likeness (QED) is 0.806. The first-order chi connectivity index (χ1) is 11.8. The molecule has 4 fully saturated rings. The summed E-state index contributed by atoms with van der Waals surface area (Å²) in [6.07, 6.45) is 8.77. The van der Waals surface area contributed by atoms with Crippen molar-refractivity contribution in [2.75, 3.05) is 0 Å². The van der Waals surface area contributed by atoms with E-state index in [0.717, 1.165) is 17.8 Å². The van der Waals surface area contributed by atoms with Gasteiger partial charge in [0.05, 0.1) is 0 Å². The van der Waals surface area contributed by atoms with Crippen molar-refractivity contribution in [3.63, 3.8) is 0 Å². The summed E-state index contributed by atoms with van der Waals surface area (Å²) in [6, 6.07) is 22.3. The van der Waals surface area contributed by atoms with E-state index in [1.54, 1.807) is 0 Å². The Morgan fingerprint density at radius 1 is 0.667 bits per heavy atom. The van der Waals surface area contributed by atoms with E-state index in [2.05, 4.69) is 65.8 Å². The SMILES string of the molecule is c1ccc(P(NC23CC4CC(CC(C4)C2)C3)c2ccccc2)cc1. The average Bonchev–Trinajstić information content (AvgIpc) is 2.60. The summed E-state index contributed by atoms with van der Waals surface area (Å²) in [5.74, 6) is 2.98. The molecule has 4 bridgehead atoms. The number of hydrogen-bond donors (Lipinski definition) is 1. The van der Waals surface area contributed by atoms with Crippen LogP contribution in [0.15, 0.2) is 60.7 Å². The number of benzene rings is 2. The Labute approximate surface area is 146 Å². The van der Waals surface area contributed by atoms with Crippen LogP contribution in [0.3, 0.4) is 0 Å². The van der Waals surface area contributed by atoms with E-state index < -0.39 is 8.07 Å². The van der Waals surface area contributed by atoms with Crippen molar-refractivity contribution in [3.05, 3.63) is 60.7 Å². The molecule has 0 saturated heterocycles. The zero-order valence-corrected chi connectivity index (χ0v) is 15.1. The average molecular weight is 335 g/mol. The lowest BCUT2D eigenvalue weighted by Crippen LogP contribution is -2.57. The van der Waals surface area contributed by atoms with Gasteiger partial charge < -0.3 is 0 Å². The Hall–Kier alpha value is -1.17. The van der Waals surface area contributed by atoms with Gasteiger partial charge in [0.25, 0.3) is 0 Å². The number of rotatable bonds is 4. The zero-order valence-electron chi connectivity index (χ0n) is 14.2. The predicted octanol–water partition coefficient (Wildman–Crippen LogP) is 4.59. The summed E-state index contributed by atoms with van der Waals surface area (Å²) < 4.78 is 0. The van der Waals surface area contributed by atoms with E-state index >= 15 is 0 Å². The summed E-state index contributed by atoms with van der Waals surface area (Å²) in [5.41, 5.74) is 0.409. The molecule has 6 rings (SSSR count). The molecule has 2 aromatic rings. The van der Waals surface area contributed by atoms with Crippen LogP contribution >= 0.6 is 8.07 Å². The van der Waals surface area contributed by atoms with Crippen molar-refractivity contribution in [3.8, 4) is 0 Å². The van der Waals surface area contributed by atoms with Crippen LogP contribution < -0.4 is 15.7 Å². The highest BCUT2D eigenvalue weighted by Crippen LogP contribution is 2.57. The molecule has 0 radical (unpaired) electrons. The number of nitrogens with one attached hydrogen (secondary N) is 1. The fourth-order valence-electron chi connectivity index (χ4n) is 5.92. The van der Waals surface area contributed by atoms with E-state index in [0.29, 0.717) is 5.54 Å². The lowest BCUT2D eigenvalue weighted by Gasteiger charge is -2.58. The van der Waals surface area contributed by atoms with Crippen molar-refractivity contribution < 1.29 is 0 Å². The maximum absolute atomic E-state index is 4.26. The molecule has 4 aliphatic carbocycles. The molecule has 0 spiro atoms. The second-order valence-electron chi connectivity index (χ2n) is 8.32. The zero-order chi connectivity index (χ0) is 16.0. The molecule has 124 valence electrons. The van der Waals surface area contributed by atoms with Crippen molar-refractivity contribution in [1.29, 1.82) is 0 Å². The summed E-state index contributed by atoms with van der Waals surface area (Å²) in [4.78, 5) is 0. The first-order valence-corrected chi connectivity index (χ1v) is 10.8. The third kappa shape index (κ3) is 2.72. The van der Waals surface area contributed by atoms with Gasteiger partial charge in [-0.2, -0.15) is 0 Å². The normalized spacial score (nSPS) is 34.0. The van der Waals surface area contributed by atoms with Crippen LogP contribution in [0.1, 0.15) is 38.5 Å². The smallest absolute Gasteiger partial charge is 0.0258 e. The lowest BCUT2D eigenvalue weighted by atomic mass is 9.53.